The molecule has 18 heavy (non-hydrogen) atoms. The minimum Gasteiger partial charge on any atom is -0.468 e. The lowest BCUT2D eigenvalue weighted by atomic mass is 9.95. The van der Waals surface area contributed by atoms with Crippen LogP contribution in [0.3, 0.4) is 0 Å². The van der Waals surface area contributed by atoms with Gasteiger partial charge in [0.15, 0.2) is 0 Å². The Kier molecular flexibility index (Phi) is 3.32. The van der Waals surface area contributed by atoms with Crippen molar-refractivity contribution in [3.05, 3.63) is 0 Å². The SMILES string of the molecule is COC(=O)C1(NC2CC2)CCC(OC2CCC2)C1. The molecule has 2 atom stereocenters. The first-order valence-corrected chi connectivity index (χ1v) is 7.23. The van der Waals surface area contributed by atoms with E-state index in [2.05, 4.69) is 5.32 Å². The molecule has 0 radical (unpaired) electrons. The first kappa shape index (κ1) is 12.4. The van der Waals surface area contributed by atoms with Gasteiger partial charge in [-0.05, 0) is 44.9 Å². The van der Waals surface area contributed by atoms with Crippen molar-refractivity contribution in [2.45, 2.75) is 75.2 Å². The average Bonchev–Trinajstić information content (AvgIpc) is 3.02. The fourth-order valence-corrected chi connectivity index (χ4v) is 3.08. The predicted molar refractivity (Wildman–Crippen MR) is 67.3 cm³/mol. The van der Waals surface area contributed by atoms with Gasteiger partial charge in [-0.15, -0.1) is 0 Å². The molecule has 3 aliphatic carbocycles. The van der Waals surface area contributed by atoms with E-state index < -0.39 is 5.54 Å². The number of hydrogen-bond donors (Lipinski definition) is 1. The maximum absolute atomic E-state index is 12.1. The number of methoxy groups -OCH3 is 1. The average molecular weight is 253 g/mol. The Balaban J connectivity index is 1.61. The summed E-state index contributed by atoms with van der Waals surface area (Å²) in [5.41, 5.74) is -0.468. The van der Waals surface area contributed by atoms with E-state index in [-0.39, 0.29) is 12.1 Å². The quantitative estimate of drug-likeness (QED) is 0.759. The van der Waals surface area contributed by atoms with E-state index in [1.165, 1.54) is 39.2 Å². The predicted octanol–water partition coefficient (Wildman–Crippen LogP) is 1.77. The Bertz CT molecular complexity index is 325. The zero-order chi connectivity index (χ0) is 12.6. The highest BCUT2D eigenvalue weighted by atomic mass is 16.5. The lowest BCUT2D eigenvalue weighted by Crippen LogP contribution is -2.52. The molecule has 4 heteroatoms. The molecule has 3 aliphatic rings. The lowest BCUT2D eigenvalue weighted by Gasteiger charge is -2.31. The summed E-state index contributed by atoms with van der Waals surface area (Å²) in [6, 6.07) is 0.520. The largest absolute Gasteiger partial charge is 0.468 e. The minimum absolute atomic E-state index is 0.103. The number of nitrogens with one attached hydrogen (secondary N) is 1. The molecule has 0 amide bonds. The van der Waals surface area contributed by atoms with Gasteiger partial charge < -0.3 is 9.47 Å². The van der Waals surface area contributed by atoms with Crippen molar-refractivity contribution in [1.82, 2.24) is 5.32 Å². The van der Waals surface area contributed by atoms with Crippen molar-refractivity contribution in [2.75, 3.05) is 7.11 Å². The number of carbonyl (C=O) groups is 1. The summed E-state index contributed by atoms with van der Waals surface area (Å²) in [6.45, 7) is 0. The highest BCUT2D eigenvalue weighted by molar-refractivity contribution is 5.81. The third-order valence-corrected chi connectivity index (χ3v) is 4.54. The Labute approximate surface area is 108 Å². The summed E-state index contributed by atoms with van der Waals surface area (Å²) in [5, 5.41) is 3.50. The van der Waals surface area contributed by atoms with Crippen LogP contribution >= 0.6 is 0 Å². The molecule has 3 rings (SSSR count). The fourth-order valence-electron chi connectivity index (χ4n) is 3.08. The third kappa shape index (κ3) is 2.41. The first-order chi connectivity index (χ1) is 8.72. The van der Waals surface area contributed by atoms with Gasteiger partial charge in [-0.25, -0.2) is 0 Å². The van der Waals surface area contributed by atoms with Crippen molar-refractivity contribution in [3.8, 4) is 0 Å². The molecule has 0 spiro atoms. The third-order valence-electron chi connectivity index (χ3n) is 4.54. The fraction of sp³-hybridized carbons (Fsp3) is 0.929. The van der Waals surface area contributed by atoms with E-state index in [1.54, 1.807) is 0 Å². The van der Waals surface area contributed by atoms with Gasteiger partial charge in [0.25, 0.3) is 0 Å². The van der Waals surface area contributed by atoms with E-state index in [9.17, 15) is 4.79 Å². The van der Waals surface area contributed by atoms with E-state index in [0.717, 1.165) is 19.3 Å². The van der Waals surface area contributed by atoms with Gasteiger partial charge in [-0.3, -0.25) is 10.1 Å². The van der Waals surface area contributed by atoms with E-state index in [1.807, 2.05) is 0 Å². The van der Waals surface area contributed by atoms with Crippen molar-refractivity contribution < 1.29 is 14.3 Å². The van der Waals surface area contributed by atoms with Gasteiger partial charge in [0.2, 0.25) is 0 Å². The monoisotopic (exact) mass is 253 g/mol. The molecule has 0 aromatic carbocycles. The molecule has 0 aromatic heterocycles. The molecule has 0 saturated heterocycles. The first-order valence-electron chi connectivity index (χ1n) is 7.23. The highest BCUT2D eigenvalue weighted by Gasteiger charge is 2.49. The Morgan fingerprint density at radius 3 is 2.50 bits per heavy atom. The minimum atomic E-state index is -0.468. The molecule has 0 aliphatic heterocycles. The molecular weight excluding hydrogens is 230 g/mol. The second-order valence-corrected chi connectivity index (χ2v) is 6.05. The highest BCUT2D eigenvalue weighted by Crippen LogP contribution is 2.38. The zero-order valence-electron chi connectivity index (χ0n) is 11.1. The smallest absolute Gasteiger partial charge is 0.326 e. The summed E-state index contributed by atoms with van der Waals surface area (Å²) < 4.78 is 11.1. The van der Waals surface area contributed by atoms with Crippen molar-refractivity contribution >= 4 is 5.97 Å². The van der Waals surface area contributed by atoms with Crippen LogP contribution in [-0.2, 0) is 14.3 Å². The molecule has 3 fully saturated rings. The zero-order valence-corrected chi connectivity index (χ0v) is 11.1. The van der Waals surface area contributed by atoms with E-state index in [0.29, 0.717) is 12.1 Å². The number of hydrogen-bond acceptors (Lipinski definition) is 4. The van der Waals surface area contributed by atoms with Crippen LogP contribution in [0, 0.1) is 0 Å². The topological polar surface area (TPSA) is 47.6 Å². The second kappa shape index (κ2) is 4.82. The summed E-state index contributed by atoms with van der Waals surface area (Å²) in [6.07, 6.45) is 9.35. The standard InChI is InChI=1S/C14H23NO3/c1-17-13(16)14(15-10-5-6-10)8-7-12(9-14)18-11-3-2-4-11/h10-12,15H,2-9H2,1H3. The van der Waals surface area contributed by atoms with Crippen LogP contribution in [-0.4, -0.2) is 36.9 Å². The van der Waals surface area contributed by atoms with Crippen LogP contribution in [0.4, 0.5) is 0 Å². The van der Waals surface area contributed by atoms with Gasteiger partial charge in [-0.2, -0.15) is 0 Å². The number of esters is 1. The normalized spacial score (nSPS) is 36.4. The molecular formula is C14H23NO3. The molecule has 1 N–H and O–H groups in total. The van der Waals surface area contributed by atoms with Crippen molar-refractivity contribution in [3.63, 3.8) is 0 Å². The summed E-state index contributed by atoms with van der Waals surface area (Å²) in [7, 11) is 1.48. The molecule has 4 nitrogen and oxygen atoms in total. The summed E-state index contributed by atoms with van der Waals surface area (Å²) >= 11 is 0. The number of carbonyl (C=O) groups excluding carboxylic acids is 1. The molecule has 0 heterocycles. The van der Waals surface area contributed by atoms with E-state index in [4.69, 9.17) is 9.47 Å². The van der Waals surface area contributed by atoms with Crippen molar-refractivity contribution in [1.29, 1.82) is 0 Å². The van der Waals surface area contributed by atoms with Gasteiger partial charge in [0.1, 0.15) is 5.54 Å². The van der Waals surface area contributed by atoms with Crippen LogP contribution < -0.4 is 5.32 Å². The van der Waals surface area contributed by atoms with Crippen LogP contribution in [0.5, 0.6) is 0 Å². The molecule has 0 aromatic rings. The Morgan fingerprint density at radius 1 is 1.17 bits per heavy atom. The molecule has 102 valence electrons. The van der Waals surface area contributed by atoms with Gasteiger partial charge in [0.05, 0.1) is 19.3 Å². The van der Waals surface area contributed by atoms with Crippen LogP contribution in [0.1, 0.15) is 51.4 Å². The van der Waals surface area contributed by atoms with Gasteiger partial charge in [-0.1, -0.05) is 0 Å². The maximum atomic E-state index is 12.1. The van der Waals surface area contributed by atoms with Crippen LogP contribution in [0.2, 0.25) is 0 Å². The van der Waals surface area contributed by atoms with Gasteiger partial charge >= 0.3 is 5.97 Å². The molecule has 0 bridgehead atoms. The number of ether oxygens (including phenoxy) is 2. The van der Waals surface area contributed by atoms with Crippen LogP contribution in [0.25, 0.3) is 0 Å². The molecule has 2 unspecified atom stereocenters. The second-order valence-electron chi connectivity index (χ2n) is 6.05. The Hall–Kier alpha value is -0.610. The van der Waals surface area contributed by atoms with E-state index >= 15 is 0 Å². The van der Waals surface area contributed by atoms with Crippen molar-refractivity contribution in [2.24, 2.45) is 0 Å². The molecule has 3 saturated carbocycles. The summed E-state index contributed by atoms with van der Waals surface area (Å²) in [4.78, 5) is 12.1. The maximum Gasteiger partial charge on any atom is 0.326 e. The lowest BCUT2D eigenvalue weighted by molar-refractivity contribution is -0.149. The number of rotatable bonds is 5. The van der Waals surface area contributed by atoms with Gasteiger partial charge in [0, 0.05) is 12.5 Å². The Morgan fingerprint density at radius 2 is 1.94 bits per heavy atom. The van der Waals surface area contributed by atoms with Crippen LogP contribution in [0.15, 0.2) is 0 Å². The summed E-state index contributed by atoms with van der Waals surface area (Å²) in [5.74, 6) is -0.103.